The molecule has 0 amide bonds. The Morgan fingerprint density at radius 3 is 2.56 bits per heavy atom. The third-order valence-electron chi connectivity index (χ3n) is 3.91. The van der Waals surface area contributed by atoms with Crippen molar-refractivity contribution in [3.8, 4) is 0 Å². The Morgan fingerprint density at radius 1 is 1.24 bits per heavy atom. The molecule has 1 aromatic carbocycles. The maximum absolute atomic E-state index is 12.1. The SMILES string of the molecule is CN=C(NCc1cccc(COCC(F)(F)F)c1)NC1CCCC1.I. The molecule has 1 aliphatic rings. The summed E-state index contributed by atoms with van der Waals surface area (Å²) >= 11 is 0. The predicted octanol–water partition coefficient (Wildman–Crippen LogP) is 3.99. The van der Waals surface area contributed by atoms with E-state index in [1.807, 2.05) is 18.2 Å². The van der Waals surface area contributed by atoms with Gasteiger partial charge >= 0.3 is 6.18 Å². The van der Waals surface area contributed by atoms with Gasteiger partial charge in [-0.2, -0.15) is 13.2 Å². The minimum absolute atomic E-state index is 0. The standard InChI is InChI=1S/C17H24F3N3O.HI/c1-21-16(23-15-7-2-3-8-15)22-10-13-5-4-6-14(9-13)11-24-12-17(18,19)20;/h4-6,9,15H,2-3,7-8,10-12H2,1H3,(H2,21,22,23);1H. The number of aliphatic imine (C=N–C) groups is 1. The summed E-state index contributed by atoms with van der Waals surface area (Å²) < 4.78 is 41.0. The Kier molecular flexibility index (Phi) is 9.55. The van der Waals surface area contributed by atoms with E-state index in [1.165, 1.54) is 12.8 Å². The fraction of sp³-hybridized carbons (Fsp3) is 0.588. The van der Waals surface area contributed by atoms with Gasteiger partial charge in [0, 0.05) is 19.6 Å². The van der Waals surface area contributed by atoms with Gasteiger partial charge < -0.3 is 15.4 Å². The average Bonchev–Trinajstić information content (AvgIpc) is 3.03. The Bertz CT molecular complexity index is 546. The lowest BCUT2D eigenvalue weighted by molar-refractivity contribution is -0.176. The van der Waals surface area contributed by atoms with Crippen molar-refractivity contribution in [2.75, 3.05) is 13.7 Å². The van der Waals surface area contributed by atoms with Crippen molar-refractivity contribution in [3.63, 3.8) is 0 Å². The van der Waals surface area contributed by atoms with Gasteiger partial charge in [-0.1, -0.05) is 37.1 Å². The van der Waals surface area contributed by atoms with E-state index >= 15 is 0 Å². The summed E-state index contributed by atoms with van der Waals surface area (Å²) in [7, 11) is 1.73. The highest BCUT2D eigenvalue weighted by atomic mass is 127. The topological polar surface area (TPSA) is 45.7 Å². The molecule has 2 N–H and O–H groups in total. The highest BCUT2D eigenvalue weighted by Crippen LogP contribution is 2.17. The molecule has 0 saturated heterocycles. The molecule has 0 radical (unpaired) electrons. The van der Waals surface area contributed by atoms with Gasteiger partial charge in [0.1, 0.15) is 6.61 Å². The van der Waals surface area contributed by atoms with Crippen LogP contribution in [0.1, 0.15) is 36.8 Å². The van der Waals surface area contributed by atoms with Gasteiger partial charge in [0.05, 0.1) is 6.61 Å². The highest BCUT2D eigenvalue weighted by molar-refractivity contribution is 14.0. The second-order valence-corrected chi connectivity index (χ2v) is 5.98. The molecule has 0 unspecified atom stereocenters. The van der Waals surface area contributed by atoms with Crippen LogP contribution in [0, 0.1) is 0 Å². The maximum Gasteiger partial charge on any atom is 0.411 e. The van der Waals surface area contributed by atoms with Gasteiger partial charge in [0.25, 0.3) is 0 Å². The van der Waals surface area contributed by atoms with Crippen molar-refractivity contribution in [1.29, 1.82) is 0 Å². The van der Waals surface area contributed by atoms with Crippen LogP contribution < -0.4 is 10.6 Å². The average molecular weight is 471 g/mol. The van der Waals surface area contributed by atoms with Gasteiger partial charge in [-0.25, -0.2) is 0 Å². The van der Waals surface area contributed by atoms with Crippen molar-refractivity contribution in [3.05, 3.63) is 35.4 Å². The second kappa shape index (κ2) is 10.8. The summed E-state index contributed by atoms with van der Waals surface area (Å²) in [5, 5.41) is 6.63. The van der Waals surface area contributed by atoms with E-state index in [1.54, 1.807) is 13.1 Å². The first kappa shape index (κ1) is 22.0. The van der Waals surface area contributed by atoms with Crippen LogP contribution in [0.4, 0.5) is 13.2 Å². The van der Waals surface area contributed by atoms with Crippen molar-refractivity contribution >= 4 is 29.9 Å². The summed E-state index contributed by atoms with van der Waals surface area (Å²) in [5.41, 5.74) is 1.69. The molecule has 1 aromatic rings. The zero-order valence-electron chi connectivity index (χ0n) is 14.2. The lowest BCUT2D eigenvalue weighted by atomic mass is 10.1. The van der Waals surface area contributed by atoms with Gasteiger partial charge in [-0.05, 0) is 24.0 Å². The first-order valence-corrected chi connectivity index (χ1v) is 8.16. The van der Waals surface area contributed by atoms with E-state index in [4.69, 9.17) is 4.74 Å². The first-order valence-electron chi connectivity index (χ1n) is 8.16. The zero-order chi connectivity index (χ0) is 17.4. The van der Waals surface area contributed by atoms with Crippen LogP contribution in [-0.2, 0) is 17.9 Å². The van der Waals surface area contributed by atoms with E-state index in [0.29, 0.717) is 12.6 Å². The molecule has 1 aliphatic carbocycles. The van der Waals surface area contributed by atoms with E-state index in [0.717, 1.165) is 29.9 Å². The number of halogens is 4. The lowest BCUT2D eigenvalue weighted by Crippen LogP contribution is -2.41. The lowest BCUT2D eigenvalue weighted by Gasteiger charge is -2.17. The normalized spacial score (nSPS) is 15.8. The molecule has 8 heteroatoms. The first-order chi connectivity index (χ1) is 11.5. The monoisotopic (exact) mass is 471 g/mol. The quantitative estimate of drug-likeness (QED) is 0.375. The fourth-order valence-corrected chi connectivity index (χ4v) is 2.76. The van der Waals surface area contributed by atoms with Gasteiger partial charge in [0.2, 0.25) is 0 Å². The van der Waals surface area contributed by atoms with Crippen LogP contribution in [0.25, 0.3) is 0 Å². The molecule has 4 nitrogen and oxygen atoms in total. The van der Waals surface area contributed by atoms with E-state index < -0.39 is 12.8 Å². The number of rotatable bonds is 6. The summed E-state index contributed by atoms with van der Waals surface area (Å²) in [4.78, 5) is 4.21. The van der Waals surface area contributed by atoms with E-state index in [2.05, 4.69) is 15.6 Å². The number of hydrogen-bond donors (Lipinski definition) is 2. The van der Waals surface area contributed by atoms with Crippen molar-refractivity contribution in [2.45, 2.75) is 51.1 Å². The Morgan fingerprint density at radius 2 is 1.92 bits per heavy atom. The van der Waals surface area contributed by atoms with Crippen LogP contribution in [0.5, 0.6) is 0 Å². The Hall–Kier alpha value is -1.03. The zero-order valence-corrected chi connectivity index (χ0v) is 16.6. The molecule has 1 fully saturated rings. The minimum Gasteiger partial charge on any atom is -0.367 e. The molecule has 142 valence electrons. The minimum atomic E-state index is -4.29. The number of ether oxygens (including phenoxy) is 1. The number of benzene rings is 1. The van der Waals surface area contributed by atoms with Crippen molar-refractivity contribution in [1.82, 2.24) is 10.6 Å². The Balaban J connectivity index is 0.00000312. The van der Waals surface area contributed by atoms with Gasteiger partial charge in [-0.3, -0.25) is 4.99 Å². The molecule has 0 heterocycles. The molecule has 0 spiro atoms. The van der Waals surface area contributed by atoms with E-state index in [-0.39, 0.29) is 30.6 Å². The van der Waals surface area contributed by atoms with E-state index in [9.17, 15) is 13.2 Å². The third kappa shape index (κ3) is 8.75. The van der Waals surface area contributed by atoms with Crippen LogP contribution in [0.15, 0.2) is 29.3 Å². The number of guanidine groups is 1. The van der Waals surface area contributed by atoms with Crippen LogP contribution in [-0.4, -0.2) is 31.8 Å². The predicted molar refractivity (Wildman–Crippen MR) is 103 cm³/mol. The van der Waals surface area contributed by atoms with Gasteiger partial charge in [0.15, 0.2) is 5.96 Å². The second-order valence-electron chi connectivity index (χ2n) is 5.98. The number of nitrogens with zero attached hydrogens (tertiary/aromatic N) is 1. The molecule has 25 heavy (non-hydrogen) atoms. The third-order valence-corrected chi connectivity index (χ3v) is 3.91. The highest BCUT2D eigenvalue weighted by Gasteiger charge is 2.27. The summed E-state index contributed by atoms with van der Waals surface area (Å²) in [6.07, 6.45) is 0.514. The molecule has 0 aliphatic heterocycles. The summed E-state index contributed by atoms with van der Waals surface area (Å²) in [6.45, 7) is -0.727. The molecular formula is C17H25F3IN3O. The molecule has 0 bridgehead atoms. The molecule has 0 aromatic heterocycles. The van der Waals surface area contributed by atoms with Crippen molar-refractivity contribution in [2.24, 2.45) is 4.99 Å². The van der Waals surface area contributed by atoms with Gasteiger partial charge in [-0.15, -0.1) is 24.0 Å². The van der Waals surface area contributed by atoms with Crippen LogP contribution in [0.3, 0.4) is 0 Å². The largest absolute Gasteiger partial charge is 0.411 e. The molecule has 0 atom stereocenters. The summed E-state index contributed by atoms with van der Waals surface area (Å²) in [6, 6.07) is 7.80. The van der Waals surface area contributed by atoms with Crippen molar-refractivity contribution < 1.29 is 17.9 Å². The Labute approximate surface area is 163 Å². The smallest absolute Gasteiger partial charge is 0.367 e. The maximum atomic E-state index is 12.1. The number of nitrogens with one attached hydrogen (secondary N) is 2. The summed E-state index contributed by atoms with van der Waals surface area (Å²) in [5.74, 6) is 0.751. The number of hydrogen-bond acceptors (Lipinski definition) is 2. The molecule has 2 rings (SSSR count). The van der Waals surface area contributed by atoms with Crippen LogP contribution in [0.2, 0.25) is 0 Å². The fourth-order valence-electron chi connectivity index (χ4n) is 2.76. The molecule has 1 saturated carbocycles. The van der Waals surface area contributed by atoms with Crippen LogP contribution >= 0.6 is 24.0 Å². The molecular weight excluding hydrogens is 446 g/mol. The number of alkyl halides is 3.